The predicted molar refractivity (Wildman–Crippen MR) is 141 cm³/mol. The van der Waals surface area contributed by atoms with Crippen LogP contribution in [0.15, 0.2) is 89.1 Å². The highest BCUT2D eigenvalue weighted by atomic mass is 35.5. The third-order valence-electron chi connectivity index (χ3n) is 4.77. The van der Waals surface area contributed by atoms with E-state index >= 15 is 0 Å². The maximum absolute atomic E-state index is 12.7. The van der Waals surface area contributed by atoms with Crippen molar-refractivity contribution in [3.63, 3.8) is 0 Å². The number of benzene rings is 3. The Kier molecular flexibility index (Phi) is 8.41. The number of rotatable bonds is 7. The number of hydrogen-bond acceptors (Lipinski definition) is 7. The predicted octanol–water partition coefficient (Wildman–Crippen LogP) is 6.38. The molecule has 7 nitrogen and oxygen atoms in total. The lowest BCUT2D eigenvalue weighted by molar-refractivity contribution is -0.134. The van der Waals surface area contributed by atoms with E-state index in [-0.39, 0.29) is 11.7 Å². The Morgan fingerprint density at radius 3 is 2.43 bits per heavy atom. The summed E-state index contributed by atoms with van der Waals surface area (Å²) in [6, 6.07) is 24.4. The summed E-state index contributed by atoms with van der Waals surface area (Å²) in [6.07, 6.45) is 0. The van der Waals surface area contributed by atoms with Crippen LogP contribution in [0.5, 0.6) is 0 Å². The van der Waals surface area contributed by atoms with Crippen LogP contribution >= 0.6 is 35.0 Å². The zero-order chi connectivity index (χ0) is 24.6. The number of anilines is 1. The van der Waals surface area contributed by atoms with E-state index in [1.54, 1.807) is 25.1 Å². The number of carbonyl (C=O) groups excluding carboxylic acids is 1. The van der Waals surface area contributed by atoms with E-state index in [1.807, 2.05) is 65.2 Å². The molecular weight excluding hydrogens is 505 g/mol. The molecule has 0 fully saturated rings. The lowest BCUT2D eigenvalue weighted by Gasteiger charge is -2.12. The number of ether oxygens (including phenoxy) is 1. The Balaban J connectivity index is 1.73. The van der Waals surface area contributed by atoms with Gasteiger partial charge in [-0.2, -0.15) is 5.10 Å². The third kappa shape index (κ3) is 6.42. The van der Waals surface area contributed by atoms with Gasteiger partial charge in [0.15, 0.2) is 11.0 Å². The summed E-state index contributed by atoms with van der Waals surface area (Å²) in [5.74, 6) is -0.0292. The van der Waals surface area contributed by atoms with Crippen molar-refractivity contribution >= 4 is 51.7 Å². The van der Waals surface area contributed by atoms with E-state index in [4.69, 9.17) is 27.9 Å². The SMILES string of the molecule is CCOC(=O)/C(=N\Nc1ccccc1)Sc1nnc(-c2ccc(Cl)cc2Cl)n1Cc1ccccc1. The summed E-state index contributed by atoms with van der Waals surface area (Å²) >= 11 is 13.6. The molecule has 0 amide bonds. The van der Waals surface area contributed by atoms with Crippen LogP contribution < -0.4 is 5.43 Å². The molecule has 0 aliphatic carbocycles. The Labute approximate surface area is 217 Å². The number of thioether (sulfide) groups is 1. The molecule has 4 rings (SSSR count). The van der Waals surface area contributed by atoms with Gasteiger partial charge in [-0.15, -0.1) is 10.2 Å². The van der Waals surface area contributed by atoms with Crippen molar-refractivity contribution in [2.45, 2.75) is 18.6 Å². The molecule has 0 saturated heterocycles. The van der Waals surface area contributed by atoms with Crippen molar-refractivity contribution in [3.8, 4) is 11.4 Å². The fraction of sp³-hybridized carbons (Fsp3) is 0.120. The van der Waals surface area contributed by atoms with Gasteiger partial charge in [0.25, 0.3) is 0 Å². The summed E-state index contributed by atoms with van der Waals surface area (Å²) < 4.78 is 7.10. The second-order valence-corrected chi connectivity index (χ2v) is 9.02. The van der Waals surface area contributed by atoms with Gasteiger partial charge >= 0.3 is 5.97 Å². The van der Waals surface area contributed by atoms with Gasteiger partial charge in [-0.25, -0.2) is 4.79 Å². The van der Waals surface area contributed by atoms with Gasteiger partial charge in [0.05, 0.1) is 23.9 Å². The van der Waals surface area contributed by atoms with E-state index in [0.717, 1.165) is 23.0 Å². The van der Waals surface area contributed by atoms with Gasteiger partial charge in [0.1, 0.15) is 0 Å². The number of para-hydroxylation sites is 1. The molecule has 10 heteroatoms. The van der Waals surface area contributed by atoms with Gasteiger partial charge in [-0.3, -0.25) is 9.99 Å². The number of hydrogen-bond donors (Lipinski definition) is 1. The highest BCUT2D eigenvalue weighted by molar-refractivity contribution is 8.15. The minimum absolute atomic E-state index is 0.0890. The first kappa shape index (κ1) is 24.8. The normalized spacial score (nSPS) is 11.3. The zero-order valence-electron chi connectivity index (χ0n) is 18.7. The Morgan fingerprint density at radius 2 is 1.74 bits per heavy atom. The number of nitrogens with one attached hydrogen (secondary N) is 1. The first-order valence-electron chi connectivity index (χ1n) is 10.7. The van der Waals surface area contributed by atoms with Gasteiger partial charge in [0, 0.05) is 10.6 Å². The second-order valence-electron chi connectivity index (χ2n) is 7.22. The fourth-order valence-corrected chi connectivity index (χ4v) is 4.40. The molecule has 178 valence electrons. The average molecular weight is 526 g/mol. The van der Waals surface area contributed by atoms with Crippen LogP contribution in [-0.4, -0.2) is 32.4 Å². The number of aromatic nitrogens is 3. The van der Waals surface area contributed by atoms with Crippen LogP contribution in [0.2, 0.25) is 10.0 Å². The molecule has 0 radical (unpaired) electrons. The molecule has 1 heterocycles. The topological polar surface area (TPSA) is 81.4 Å². The summed E-state index contributed by atoms with van der Waals surface area (Å²) in [4.78, 5) is 12.7. The van der Waals surface area contributed by atoms with Gasteiger partial charge in [-0.05, 0) is 54.6 Å². The van der Waals surface area contributed by atoms with E-state index in [0.29, 0.717) is 33.1 Å². The molecule has 0 unspecified atom stereocenters. The quantitative estimate of drug-likeness (QED) is 0.0990. The van der Waals surface area contributed by atoms with Gasteiger partial charge < -0.3 is 4.74 Å². The highest BCUT2D eigenvalue weighted by Crippen LogP contribution is 2.32. The zero-order valence-corrected chi connectivity index (χ0v) is 21.0. The maximum atomic E-state index is 12.7. The van der Waals surface area contributed by atoms with Crippen molar-refractivity contribution < 1.29 is 9.53 Å². The summed E-state index contributed by atoms with van der Waals surface area (Å²) in [7, 11) is 0. The van der Waals surface area contributed by atoms with E-state index in [9.17, 15) is 4.79 Å². The molecule has 0 spiro atoms. The van der Waals surface area contributed by atoms with Crippen LogP contribution in [0.3, 0.4) is 0 Å². The minimum Gasteiger partial charge on any atom is -0.461 e. The van der Waals surface area contributed by atoms with Gasteiger partial charge in [0.2, 0.25) is 5.04 Å². The lowest BCUT2D eigenvalue weighted by atomic mass is 10.2. The Morgan fingerprint density at radius 1 is 1.03 bits per heavy atom. The van der Waals surface area contributed by atoms with Crippen molar-refractivity contribution in [1.82, 2.24) is 14.8 Å². The third-order valence-corrected chi connectivity index (χ3v) is 6.25. The molecule has 0 atom stereocenters. The van der Waals surface area contributed by atoms with E-state index in [2.05, 4.69) is 20.7 Å². The number of nitrogens with zero attached hydrogens (tertiary/aromatic N) is 4. The van der Waals surface area contributed by atoms with Crippen molar-refractivity contribution in [3.05, 3.63) is 94.5 Å². The van der Waals surface area contributed by atoms with Crippen molar-refractivity contribution in [1.29, 1.82) is 0 Å². The molecular formula is C25H21Cl2N5O2S. The smallest absolute Gasteiger partial charge is 0.365 e. The molecule has 3 aromatic carbocycles. The molecule has 0 aliphatic rings. The van der Waals surface area contributed by atoms with Crippen LogP contribution in [-0.2, 0) is 16.1 Å². The molecule has 0 bridgehead atoms. The second kappa shape index (κ2) is 11.9. The Hall–Kier alpha value is -3.33. The first-order valence-corrected chi connectivity index (χ1v) is 12.3. The molecule has 0 saturated carbocycles. The molecule has 4 aromatic rings. The van der Waals surface area contributed by atoms with E-state index < -0.39 is 5.97 Å². The summed E-state index contributed by atoms with van der Waals surface area (Å²) in [5, 5.41) is 14.6. The fourth-order valence-electron chi connectivity index (χ4n) is 3.16. The lowest BCUT2D eigenvalue weighted by Crippen LogP contribution is -2.17. The molecule has 35 heavy (non-hydrogen) atoms. The summed E-state index contributed by atoms with van der Waals surface area (Å²) in [6.45, 7) is 2.40. The minimum atomic E-state index is -0.568. The molecule has 0 aliphatic heterocycles. The van der Waals surface area contributed by atoms with Gasteiger partial charge in [-0.1, -0.05) is 71.7 Å². The first-order chi connectivity index (χ1) is 17.0. The van der Waals surface area contributed by atoms with Crippen LogP contribution in [0, 0.1) is 0 Å². The number of hydrazone groups is 1. The Bertz CT molecular complexity index is 1330. The summed E-state index contributed by atoms with van der Waals surface area (Å²) in [5.41, 5.74) is 5.33. The number of halogens is 2. The van der Waals surface area contributed by atoms with Crippen LogP contribution in [0.4, 0.5) is 5.69 Å². The van der Waals surface area contributed by atoms with E-state index in [1.165, 1.54) is 0 Å². The largest absolute Gasteiger partial charge is 0.461 e. The average Bonchev–Trinajstić information content (AvgIpc) is 3.24. The monoisotopic (exact) mass is 525 g/mol. The van der Waals surface area contributed by atoms with Crippen molar-refractivity contribution in [2.24, 2.45) is 5.10 Å². The molecule has 1 N–H and O–H groups in total. The number of esters is 1. The highest BCUT2D eigenvalue weighted by Gasteiger charge is 2.23. The van der Waals surface area contributed by atoms with Crippen LogP contribution in [0.1, 0.15) is 12.5 Å². The van der Waals surface area contributed by atoms with Crippen molar-refractivity contribution in [2.75, 3.05) is 12.0 Å². The number of carbonyl (C=O) groups is 1. The standard InChI is InChI=1S/C25H21Cl2N5O2S/c1-2-34-24(33)23(30-28-19-11-7-4-8-12-19)35-25-31-29-22(20-14-13-18(26)15-21(20)27)32(25)16-17-9-5-3-6-10-17/h3-15,28H,2,16H2,1H3/b30-23+. The maximum Gasteiger partial charge on any atom is 0.365 e. The molecule has 1 aromatic heterocycles. The van der Waals surface area contributed by atoms with Crippen LogP contribution in [0.25, 0.3) is 11.4 Å².